The Labute approximate surface area is 79.5 Å². The molecule has 14 heavy (non-hydrogen) atoms. The number of carbonyl (C=O) groups is 1. The van der Waals surface area contributed by atoms with E-state index in [1.165, 1.54) is 6.33 Å². The Bertz CT molecular complexity index is 450. The Balaban J connectivity index is 2.52. The van der Waals surface area contributed by atoms with Crippen molar-refractivity contribution in [3.8, 4) is 11.4 Å². The third-order valence-electron chi connectivity index (χ3n) is 1.76. The Morgan fingerprint density at radius 2 is 2.21 bits per heavy atom. The molecule has 70 valence electrons. The van der Waals surface area contributed by atoms with E-state index in [9.17, 15) is 4.79 Å². The predicted octanol–water partition coefficient (Wildman–Crippen LogP) is 1.17. The fraction of sp³-hybridized carbons (Fsp3) is 0. The summed E-state index contributed by atoms with van der Waals surface area (Å²) in [6.45, 7) is 0. The van der Waals surface area contributed by atoms with Gasteiger partial charge in [-0.15, -0.1) is 0 Å². The smallest absolute Gasteiger partial charge is 0.354 e. The third kappa shape index (κ3) is 1.35. The molecule has 0 unspecified atom stereocenters. The Hall–Kier alpha value is -2.17. The molecular weight excluding hydrogens is 182 g/mol. The van der Waals surface area contributed by atoms with E-state index in [1.807, 2.05) is 0 Å². The number of nitrogens with one attached hydrogen (secondary N) is 1. The largest absolute Gasteiger partial charge is 0.477 e. The zero-order valence-corrected chi connectivity index (χ0v) is 7.14. The van der Waals surface area contributed by atoms with Crippen LogP contribution in [0.5, 0.6) is 0 Å². The lowest BCUT2D eigenvalue weighted by Crippen LogP contribution is -1.99. The van der Waals surface area contributed by atoms with Gasteiger partial charge in [-0.05, 0) is 12.1 Å². The van der Waals surface area contributed by atoms with Crippen molar-refractivity contribution in [2.75, 3.05) is 0 Å². The highest BCUT2D eigenvalue weighted by Gasteiger charge is 2.14. The molecule has 2 aromatic rings. The average Bonchev–Trinajstić information content (AvgIpc) is 2.67. The van der Waals surface area contributed by atoms with Crippen molar-refractivity contribution in [2.24, 2.45) is 0 Å². The minimum atomic E-state index is -1.04. The van der Waals surface area contributed by atoms with E-state index in [1.54, 1.807) is 24.4 Å². The Kier molecular flexibility index (Phi) is 1.98. The van der Waals surface area contributed by atoms with Crippen molar-refractivity contribution in [1.82, 2.24) is 15.0 Å². The van der Waals surface area contributed by atoms with Crippen molar-refractivity contribution in [3.63, 3.8) is 0 Å². The lowest BCUT2D eigenvalue weighted by atomic mass is 10.2. The van der Waals surface area contributed by atoms with Crippen LogP contribution in [0.4, 0.5) is 0 Å². The number of rotatable bonds is 2. The van der Waals surface area contributed by atoms with Crippen molar-refractivity contribution in [2.45, 2.75) is 0 Å². The SMILES string of the molecule is O=C(O)c1[nH]cnc1-c1ccccn1. The standard InChI is InChI=1S/C9H7N3O2/c13-9(14)8-7(11-5-12-8)6-3-1-2-4-10-6/h1-5H,(H,11,12)(H,13,14). The molecular formula is C9H7N3O2. The number of imidazole rings is 1. The number of nitrogens with zero attached hydrogens (tertiary/aromatic N) is 2. The molecule has 5 nitrogen and oxygen atoms in total. The highest BCUT2D eigenvalue weighted by Crippen LogP contribution is 2.16. The quantitative estimate of drug-likeness (QED) is 0.743. The van der Waals surface area contributed by atoms with E-state index in [0.717, 1.165) is 0 Å². The first-order valence-corrected chi connectivity index (χ1v) is 3.97. The van der Waals surface area contributed by atoms with Gasteiger partial charge in [0.15, 0.2) is 5.69 Å². The van der Waals surface area contributed by atoms with E-state index >= 15 is 0 Å². The molecule has 0 aliphatic carbocycles. The number of pyridine rings is 1. The van der Waals surface area contributed by atoms with Crippen molar-refractivity contribution < 1.29 is 9.90 Å². The molecule has 0 fully saturated rings. The zero-order chi connectivity index (χ0) is 9.97. The summed E-state index contributed by atoms with van der Waals surface area (Å²) in [7, 11) is 0. The normalized spacial score (nSPS) is 10.0. The zero-order valence-electron chi connectivity index (χ0n) is 7.14. The first-order valence-electron chi connectivity index (χ1n) is 3.97. The van der Waals surface area contributed by atoms with Crippen LogP contribution in [0.3, 0.4) is 0 Å². The molecule has 2 rings (SSSR count). The summed E-state index contributed by atoms with van der Waals surface area (Å²) in [5, 5.41) is 8.82. The monoisotopic (exact) mass is 189 g/mol. The van der Waals surface area contributed by atoms with Gasteiger partial charge < -0.3 is 10.1 Å². The van der Waals surface area contributed by atoms with Gasteiger partial charge in [-0.25, -0.2) is 9.78 Å². The fourth-order valence-electron chi connectivity index (χ4n) is 1.15. The van der Waals surface area contributed by atoms with E-state index < -0.39 is 5.97 Å². The second-order valence-electron chi connectivity index (χ2n) is 2.65. The molecule has 0 saturated heterocycles. The topological polar surface area (TPSA) is 78.9 Å². The summed E-state index contributed by atoms with van der Waals surface area (Å²) in [6.07, 6.45) is 2.93. The number of hydrogen-bond donors (Lipinski definition) is 2. The fourth-order valence-corrected chi connectivity index (χ4v) is 1.15. The van der Waals surface area contributed by atoms with Gasteiger partial charge in [-0.1, -0.05) is 6.07 Å². The summed E-state index contributed by atoms with van der Waals surface area (Å²) in [5.74, 6) is -1.04. The molecule has 0 atom stereocenters. The minimum absolute atomic E-state index is 0.0590. The Morgan fingerprint density at radius 3 is 2.86 bits per heavy atom. The highest BCUT2D eigenvalue weighted by molar-refractivity contribution is 5.92. The van der Waals surface area contributed by atoms with E-state index in [0.29, 0.717) is 11.4 Å². The molecule has 0 bridgehead atoms. The Morgan fingerprint density at radius 1 is 1.36 bits per heavy atom. The summed E-state index contributed by atoms with van der Waals surface area (Å²) < 4.78 is 0. The number of carboxylic acid groups (broad SMARTS) is 1. The van der Waals surface area contributed by atoms with Crippen LogP contribution < -0.4 is 0 Å². The van der Waals surface area contributed by atoms with Crippen LogP contribution in [-0.4, -0.2) is 26.0 Å². The van der Waals surface area contributed by atoms with Crippen LogP contribution >= 0.6 is 0 Å². The maximum absolute atomic E-state index is 10.8. The van der Waals surface area contributed by atoms with Gasteiger partial charge in [-0.2, -0.15) is 0 Å². The van der Waals surface area contributed by atoms with Gasteiger partial charge in [0.2, 0.25) is 0 Å². The molecule has 0 aliphatic heterocycles. The third-order valence-corrected chi connectivity index (χ3v) is 1.76. The summed E-state index contributed by atoms with van der Waals surface area (Å²) in [5.41, 5.74) is 0.966. The summed E-state index contributed by atoms with van der Waals surface area (Å²) in [6, 6.07) is 5.25. The molecule has 5 heteroatoms. The maximum atomic E-state index is 10.8. The van der Waals surface area contributed by atoms with E-state index in [-0.39, 0.29) is 5.69 Å². The van der Waals surface area contributed by atoms with Crippen LogP contribution in [0.1, 0.15) is 10.5 Å². The molecule has 0 saturated carbocycles. The molecule has 0 radical (unpaired) electrons. The molecule has 0 aliphatic rings. The lowest BCUT2D eigenvalue weighted by Gasteiger charge is -1.96. The number of hydrogen-bond acceptors (Lipinski definition) is 3. The second kappa shape index (κ2) is 3.29. The van der Waals surface area contributed by atoms with Gasteiger partial charge in [0.05, 0.1) is 12.0 Å². The number of aromatic nitrogens is 3. The molecule has 2 N–H and O–H groups in total. The van der Waals surface area contributed by atoms with Crippen molar-refractivity contribution in [1.29, 1.82) is 0 Å². The first kappa shape index (κ1) is 8.43. The molecule has 2 aromatic heterocycles. The first-order chi connectivity index (χ1) is 6.79. The van der Waals surface area contributed by atoms with Crippen LogP contribution in [0.2, 0.25) is 0 Å². The van der Waals surface area contributed by atoms with Crippen LogP contribution in [0.15, 0.2) is 30.7 Å². The van der Waals surface area contributed by atoms with E-state index in [4.69, 9.17) is 5.11 Å². The van der Waals surface area contributed by atoms with Gasteiger partial charge in [0.25, 0.3) is 0 Å². The lowest BCUT2D eigenvalue weighted by molar-refractivity contribution is 0.0692. The van der Waals surface area contributed by atoms with Crippen LogP contribution in [0, 0.1) is 0 Å². The van der Waals surface area contributed by atoms with Gasteiger partial charge in [0.1, 0.15) is 5.69 Å². The molecule has 0 aromatic carbocycles. The van der Waals surface area contributed by atoms with Gasteiger partial charge >= 0.3 is 5.97 Å². The van der Waals surface area contributed by atoms with E-state index in [2.05, 4.69) is 15.0 Å². The minimum Gasteiger partial charge on any atom is -0.477 e. The highest BCUT2D eigenvalue weighted by atomic mass is 16.4. The predicted molar refractivity (Wildman–Crippen MR) is 48.8 cm³/mol. The average molecular weight is 189 g/mol. The number of aromatic carboxylic acids is 1. The second-order valence-corrected chi connectivity index (χ2v) is 2.65. The van der Waals surface area contributed by atoms with Crippen molar-refractivity contribution >= 4 is 5.97 Å². The van der Waals surface area contributed by atoms with Crippen LogP contribution in [0.25, 0.3) is 11.4 Å². The molecule has 0 spiro atoms. The summed E-state index contributed by atoms with van der Waals surface area (Å²) in [4.78, 5) is 21.2. The number of carboxylic acids is 1. The van der Waals surface area contributed by atoms with Crippen molar-refractivity contribution in [3.05, 3.63) is 36.4 Å². The van der Waals surface area contributed by atoms with Gasteiger partial charge in [-0.3, -0.25) is 4.98 Å². The molecule has 2 heterocycles. The number of H-pyrrole nitrogens is 1. The molecule has 0 amide bonds. The number of aromatic amines is 1. The van der Waals surface area contributed by atoms with Crippen LogP contribution in [-0.2, 0) is 0 Å². The van der Waals surface area contributed by atoms with Gasteiger partial charge in [0, 0.05) is 6.20 Å². The maximum Gasteiger partial charge on any atom is 0.354 e. The summed E-state index contributed by atoms with van der Waals surface area (Å²) >= 11 is 0.